The molecule has 3 aromatic rings. The van der Waals surface area contributed by atoms with E-state index in [0.29, 0.717) is 12.1 Å². The Kier molecular flexibility index (Phi) is 4.97. The maximum atomic E-state index is 13.1. The van der Waals surface area contributed by atoms with Gasteiger partial charge in [0.15, 0.2) is 0 Å². The topological polar surface area (TPSA) is 59.8 Å². The Bertz CT molecular complexity index is 1080. The van der Waals surface area contributed by atoms with E-state index >= 15 is 0 Å². The minimum Gasteiger partial charge on any atom is -0.496 e. The number of para-hydroxylation sites is 1. The van der Waals surface area contributed by atoms with Crippen LogP contribution in [0.1, 0.15) is 21.3 Å². The second-order valence-corrected chi connectivity index (χ2v) is 8.14. The van der Waals surface area contributed by atoms with Crippen molar-refractivity contribution in [2.24, 2.45) is 0 Å². The smallest absolute Gasteiger partial charge is 0.349 e. The fraction of sp³-hybridized carbons (Fsp3) is 0.200. The number of carbonyl (C=O) groups is 1. The zero-order chi connectivity index (χ0) is 19.0. The molecule has 5 nitrogen and oxygen atoms in total. The molecule has 0 spiro atoms. The van der Waals surface area contributed by atoms with Crippen molar-refractivity contribution < 1.29 is 13.9 Å². The van der Waals surface area contributed by atoms with Gasteiger partial charge < -0.3 is 14.1 Å². The number of carbonyl (C=O) groups excluding carboxylic acids is 1. The highest BCUT2D eigenvalue weighted by molar-refractivity contribution is 9.10. The molecule has 7 heteroatoms. The van der Waals surface area contributed by atoms with E-state index in [0.717, 1.165) is 26.9 Å². The lowest BCUT2D eigenvalue weighted by molar-refractivity contribution is 0.0756. The zero-order valence-electron chi connectivity index (χ0n) is 14.5. The summed E-state index contributed by atoms with van der Waals surface area (Å²) in [5.41, 5.74) is 0.910. The van der Waals surface area contributed by atoms with Crippen LogP contribution in [-0.4, -0.2) is 30.2 Å². The minimum atomic E-state index is -0.606. The predicted molar refractivity (Wildman–Crippen MR) is 109 cm³/mol. The molecule has 1 aromatic heterocycles. The molecule has 0 saturated carbocycles. The molecule has 1 aliphatic rings. The van der Waals surface area contributed by atoms with E-state index in [-0.39, 0.29) is 16.8 Å². The highest BCUT2D eigenvalue weighted by Crippen LogP contribution is 2.40. The molecule has 27 heavy (non-hydrogen) atoms. The van der Waals surface area contributed by atoms with Gasteiger partial charge in [-0.25, -0.2) is 4.79 Å². The normalized spacial score (nSPS) is 16.7. The zero-order valence-corrected chi connectivity index (χ0v) is 16.9. The minimum absolute atomic E-state index is 0.0637. The molecule has 1 saturated heterocycles. The number of methoxy groups -OCH3 is 1. The van der Waals surface area contributed by atoms with E-state index in [1.807, 2.05) is 30.3 Å². The predicted octanol–water partition coefficient (Wildman–Crippen LogP) is 4.45. The molecule has 138 valence electrons. The number of halogens is 1. The van der Waals surface area contributed by atoms with Crippen molar-refractivity contribution in [3.05, 3.63) is 74.6 Å². The number of rotatable bonds is 3. The average Bonchev–Trinajstić information content (AvgIpc) is 3.16. The summed E-state index contributed by atoms with van der Waals surface area (Å²) in [5, 5.41) is 0.571. The Morgan fingerprint density at radius 2 is 2.07 bits per heavy atom. The molecular weight excluding hydrogens is 430 g/mol. The van der Waals surface area contributed by atoms with Crippen LogP contribution >= 0.6 is 27.7 Å². The summed E-state index contributed by atoms with van der Waals surface area (Å²) in [4.78, 5) is 27.2. The van der Waals surface area contributed by atoms with Gasteiger partial charge in [-0.2, -0.15) is 0 Å². The molecule has 1 amide bonds. The fourth-order valence-electron chi connectivity index (χ4n) is 3.16. The van der Waals surface area contributed by atoms with Crippen LogP contribution < -0.4 is 10.4 Å². The number of ether oxygens (including phenoxy) is 1. The molecular formula is C20H16BrNO4S. The second kappa shape index (κ2) is 7.40. The first kappa shape index (κ1) is 18.1. The Morgan fingerprint density at radius 1 is 1.26 bits per heavy atom. The van der Waals surface area contributed by atoms with Gasteiger partial charge in [0, 0.05) is 17.7 Å². The van der Waals surface area contributed by atoms with Crippen molar-refractivity contribution in [2.75, 3.05) is 19.4 Å². The number of benzene rings is 2. The van der Waals surface area contributed by atoms with E-state index in [9.17, 15) is 9.59 Å². The molecule has 1 aliphatic heterocycles. The molecule has 2 aromatic carbocycles. The van der Waals surface area contributed by atoms with E-state index in [1.165, 1.54) is 0 Å². The van der Waals surface area contributed by atoms with Crippen LogP contribution in [0.3, 0.4) is 0 Å². The molecule has 0 bridgehead atoms. The highest BCUT2D eigenvalue weighted by atomic mass is 79.9. The van der Waals surface area contributed by atoms with Gasteiger partial charge in [-0.05, 0) is 45.8 Å². The van der Waals surface area contributed by atoms with Crippen LogP contribution in [0.5, 0.6) is 5.75 Å². The number of amides is 1. The Labute approximate surface area is 168 Å². The van der Waals surface area contributed by atoms with Crippen molar-refractivity contribution in [1.29, 1.82) is 0 Å². The first-order valence-corrected chi connectivity index (χ1v) is 10.2. The average molecular weight is 446 g/mol. The third kappa shape index (κ3) is 3.37. The molecule has 0 aliphatic carbocycles. The van der Waals surface area contributed by atoms with Gasteiger partial charge in [-0.1, -0.05) is 24.3 Å². The standard InChI is InChI=1S/C20H16BrNO4S/c1-25-17-7-6-13(11-15(17)21)19-22(8-9-27-19)18(23)14-10-12-4-2-3-5-16(12)26-20(14)24/h2-7,10-11,19H,8-9H2,1H3/t19-/m1/s1. The lowest BCUT2D eigenvalue weighted by Crippen LogP contribution is -2.33. The van der Waals surface area contributed by atoms with Crippen LogP contribution in [0, 0.1) is 0 Å². The van der Waals surface area contributed by atoms with E-state index in [2.05, 4.69) is 15.9 Å². The largest absolute Gasteiger partial charge is 0.496 e. The van der Waals surface area contributed by atoms with Crippen molar-refractivity contribution in [3.63, 3.8) is 0 Å². The van der Waals surface area contributed by atoms with Gasteiger partial charge in [0.1, 0.15) is 22.3 Å². The molecule has 1 fully saturated rings. The summed E-state index contributed by atoms with van der Waals surface area (Å²) in [6.45, 7) is 0.573. The SMILES string of the molecule is COc1ccc([C@H]2SCCN2C(=O)c2cc3ccccc3oc2=O)cc1Br. The monoisotopic (exact) mass is 445 g/mol. The van der Waals surface area contributed by atoms with Crippen LogP contribution in [0.15, 0.2) is 62.2 Å². The number of thioether (sulfide) groups is 1. The highest BCUT2D eigenvalue weighted by Gasteiger charge is 2.33. The maximum absolute atomic E-state index is 13.1. The number of hydrogen-bond acceptors (Lipinski definition) is 5. The van der Waals surface area contributed by atoms with Crippen molar-refractivity contribution in [3.8, 4) is 5.75 Å². The Hall–Kier alpha value is -2.25. The van der Waals surface area contributed by atoms with Crippen molar-refractivity contribution in [1.82, 2.24) is 4.90 Å². The van der Waals surface area contributed by atoms with Gasteiger partial charge in [-0.15, -0.1) is 11.8 Å². The molecule has 0 unspecified atom stereocenters. The summed E-state index contributed by atoms with van der Waals surface area (Å²) in [6, 6.07) is 14.6. The number of hydrogen-bond donors (Lipinski definition) is 0. The van der Waals surface area contributed by atoms with Gasteiger partial charge in [0.2, 0.25) is 0 Å². The van der Waals surface area contributed by atoms with Gasteiger partial charge in [0.25, 0.3) is 5.91 Å². The third-order valence-corrected chi connectivity index (χ3v) is 6.37. The van der Waals surface area contributed by atoms with Crippen LogP contribution in [-0.2, 0) is 0 Å². The quantitative estimate of drug-likeness (QED) is 0.557. The van der Waals surface area contributed by atoms with Gasteiger partial charge in [0.05, 0.1) is 11.6 Å². The first-order valence-electron chi connectivity index (χ1n) is 8.37. The summed E-state index contributed by atoms with van der Waals surface area (Å²) in [5.74, 6) is 1.23. The molecule has 4 rings (SSSR count). The Morgan fingerprint density at radius 3 is 2.85 bits per heavy atom. The maximum Gasteiger partial charge on any atom is 0.349 e. The fourth-order valence-corrected chi connectivity index (χ4v) is 4.96. The summed E-state index contributed by atoms with van der Waals surface area (Å²) >= 11 is 5.16. The second-order valence-electron chi connectivity index (χ2n) is 6.10. The third-order valence-electron chi connectivity index (χ3n) is 4.48. The van der Waals surface area contributed by atoms with Crippen LogP contribution in [0.4, 0.5) is 0 Å². The van der Waals surface area contributed by atoms with E-state index < -0.39 is 5.63 Å². The number of nitrogens with zero attached hydrogens (tertiary/aromatic N) is 1. The van der Waals surface area contributed by atoms with Gasteiger partial charge >= 0.3 is 5.63 Å². The molecule has 2 heterocycles. The van der Waals surface area contributed by atoms with Crippen molar-refractivity contribution in [2.45, 2.75) is 5.37 Å². The van der Waals surface area contributed by atoms with Crippen LogP contribution in [0.25, 0.3) is 11.0 Å². The first-order chi connectivity index (χ1) is 13.1. The summed E-state index contributed by atoms with van der Waals surface area (Å²) in [6.07, 6.45) is 0. The lowest BCUT2D eigenvalue weighted by atomic mass is 10.1. The number of fused-ring (bicyclic) bond motifs is 1. The van der Waals surface area contributed by atoms with Crippen LogP contribution in [0.2, 0.25) is 0 Å². The van der Waals surface area contributed by atoms with Crippen molar-refractivity contribution >= 4 is 44.6 Å². The molecule has 0 radical (unpaired) electrons. The lowest BCUT2D eigenvalue weighted by Gasteiger charge is -2.24. The van der Waals surface area contributed by atoms with E-state index in [4.69, 9.17) is 9.15 Å². The van der Waals surface area contributed by atoms with E-state index in [1.54, 1.807) is 42.0 Å². The molecule has 0 N–H and O–H groups in total. The Balaban J connectivity index is 1.70. The summed E-state index contributed by atoms with van der Waals surface area (Å²) < 4.78 is 11.4. The summed E-state index contributed by atoms with van der Waals surface area (Å²) in [7, 11) is 1.61. The van der Waals surface area contributed by atoms with Gasteiger partial charge in [-0.3, -0.25) is 4.79 Å². The molecule has 1 atom stereocenters.